The molecule has 0 aromatic carbocycles. The summed E-state index contributed by atoms with van der Waals surface area (Å²) in [6.45, 7) is 7.13. The fourth-order valence-corrected chi connectivity index (χ4v) is 1.70. The molecule has 20 heavy (non-hydrogen) atoms. The molecule has 0 radical (unpaired) electrons. The highest BCUT2D eigenvalue weighted by atomic mass is 16.6. The molecule has 0 aromatic heterocycles. The van der Waals surface area contributed by atoms with Crippen LogP contribution < -0.4 is 0 Å². The quantitative estimate of drug-likeness (QED) is 0.295. The molecule has 4 heteroatoms. The standard InChI is InChI=1S/C16H30O4/c1-4-5-6-7-8-9-10-19-11-12-20-16(18)13-15(17)14(2)3/h14H,4-13H2,1-3H3. The highest BCUT2D eigenvalue weighted by molar-refractivity contribution is 5.96. The Morgan fingerprint density at radius 3 is 2.20 bits per heavy atom. The average molecular weight is 286 g/mol. The summed E-state index contributed by atoms with van der Waals surface area (Å²) in [6.07, 6.45) is 7.27. The van der Waals surface area contributed by atoms with Crippen LogP contribution in [0.15, 0.2) is 0 Å². The van der Waals surface area contributed by atoms with Gasteiger partial charge in [-0.3, -0.25) is 9.59 Å². The Labute approximate surface area is 123 Å². The van der Waals surface area contributed by atoms with Crippen LogP contribution in [-0.4, -0.2) is 31.6 Å². The maximum Gasteiger partial charge on any atom is 0.313 e. The molecule has 0 rings (SSSR count). The molecule has 0 fully saturated rings. The maximum absolute atomic E-state index is 11.3. The van der Waals surface area contributed by atoms with Gasteiger partial charge in [0, 0.05) is 12.5 Å². The van der Waals surface area contributed by atoms with Crippen molar-refractivity contribution in [3.63, 3.8) is 0 Å². The molecule has 4 nitrogen and oxygen atoms in total. The lowest BCUT2D eigenvalue weighted by atomic mass is 10.1. The lowest BCUT2D eigenvalue weighted by Crippen LogP contribution is -2.17. The van der Waals surface area contributed by atoms with Crippen molar-refractivity contribution in [2.45, 2.75) is 65.7 Å². The van der Waals surface area contributed by atoms with E-state index in [1.165, 1.54) is 32.1 Å². The number of ketones is 1. The molecule has 0 spiro atoms. The third kappa shape index (κ3) is 12.2. The minimum Gasteiger partial charge on any atom is -0.463 e. The Morgan fingerprint density at radius 2 is 1.55 bits per heavy atom. The Balaban J connectivity index is 3.27. The Bertz CT molecular complexity index is 261. The van der Waals surface area contributed by atoms with Crippen molar-refractivity contribution in [3.05, 3.63) is 0 Å². The van der Waals surface area contributed by atoms with Crippen molar-refractivity contribution in [3.8, 4) is 0 Å². The van der Waals surface area contributed by atoms with E-state index in [1.807, 2.05) is 0 Å². The maximum atomic E-state index is 11.3. The number of Topliss-reactive ketones (excluding diaryl/α,β-unsaturated/α-hetero) is 1. The zero-order chi connectivity index (χ0) is 15.2. The van der Waals surface area contributed by atoms with Crippen LogP contribution in [0.4, 0.5) is 0 Å². The molecule has 0 bridgehead atoms. The molecule has 118 valence electrons. The second-order valence-corrected chi connectivity index (χ2v) is 5.40. The zero-order valence-corrected chi connectivity index (χ0v) is 13.3. The summed E-state index contributed by atoms with van der Waals surface area (Å²) in [5, 5.41) is 0. The second-order valence-electron chi connectivity index (χ2n) is 5.40. The molecular formula is C16H30O4. The van der Waals surface area contributed by atoms with Crippen molar-refractivity contribution >= 4 is 11.8 Å². The molecule has 0 aromatic rings. The van der Waals surface area contributed by atoms with E-state index in [0.29, 0.717) is 13.2 Å². The molecule has 0 aliphatic rings. The third-order valence-corrected chi connectivity index (χ3v) is 3.10. The van der Waals surface area contributed by atoms with E-state index in [2.05, 4.69) is 6.92 Å². The van der Waals surface area contributed by atoms with Gasteiger partial charge < -0.3 is 9.47 Å². The normalized spacial score (nSPS) is 10.8. The topological polar surface area (TPSA) is 52.6 Å². The van der Waals surface area contributed by atoms with Gasteiger partial charge in [0.15, 0.2) is 0 Å². The van der Waals surface area contributed by atoms with Gasteiger partial charge in [0.1, 0.15) is 18.8 Å². The lowest BCUT2D eigenvalue weighted by Gasteiger charge is -2.07. The van der Waals surface area contributed by atoms with Crippen molar-refractivity contribution in [1.29, 1.82) is 0 Å². The predicted octanol–water partition coefficient (Wildman–Crippen LogP) is 3.52. The first-order chi connectivity index (χ1) is 9.57. The van der Waals surface area contributed by atoms with Crippen molar-refractivity contribution in [2.24, 2.45) is 5.92 Å². The summed E-state index contributed by atoms with van der Waals surface area (Å²) in [5.41, 5.74) is 0. The molecule has 0 aliphatic heterocycles. The lowest BCUT2D eigenvalue weighted by molar-refractivity contribution is -0.148. The molecule has 0 atom stereocenters. The van der Waals surface area contributed by atoms with Gasteiger partial charge in [0.25, 0.3) is 0 Å². The van der Waals surface area contributed by atoms with Crippen LogP contribution in [0.1, 0.15) is 65.7 Å². The first-order valence-corrected chi connectivity index (χ1v) is 7.84. The van der Waals surface area contributed by atoms with E-state index in [9.17, 15) is 9.59 Å². The number of esters is 1. The SMILES string of the molecule is CCCCCCCCOCCOC(=O)CC(=O)C(C)C. The Morgan fingerprint density at radius 1 is 0.900 bits per heavy atom. The molecule has 0 aliphatic carbocycles. The van der Waals surface area contributed by atoms with Crippen molar-refractivity contribution < 1.29 is 19.1 Å². The number of hydrogen-bond acceptors (Lipinski definition) is 4. The van der Waals surface area contributed by atoms with E-state index < -0.39 is 5.97 Å². The molecular weight excluding hydrogens is 256 g/mol. The van der Waals surface area contributed by atoms with Gasteiger partial charge in [-0.2, -0.15) is 0 Å². The van der Waals surface area contributed by atoms with Gasteiger partial charge in [-0.05, 0) is 6.42 Å². The largest absolute Gasteiger partial charge is 0.463 e. The molecule has 0 amide bonds. The molecule has 0 heterocycles. The molecule has 0 saturated carbocycles. The fraction of sp³-hybridized carbons (Fsp3) is 0.875. The van der Waals surface area contributed by atoms with Crippen molar-refractivity contribution in [2.75, 3.05) is 19.8 Å². The van der Waals surface area contributed by atoms with Crippen LogP contribution in [0, 0.1) is 5.92 Å². The van der Waals surface area contributed by atoms with Gasteiger partial charge in [-0.25, -0.2) is 0 Å². The summed E-state index contributed by atoms with van der Waals surface area (Å²) in [4.78, 5) is 22.6. The second kappa shape index (κ2) is 13.1. The Kier molecular flexibility index (Phi) is 12.5. The summed E-state index contributed by atoms with van der Waals surface area (Å²) >= 11 is 0. The van der Waals surface area contributed by atoms with Crippen LogP contribution >= 0.6 is 0 Å². The van der Waals surface area contributed by atoms with Gasteiger partial charge in [-0.1, -0.05) is 52.9 Å². The summed E-state index contributed by atoms with van der Waals surface area (Å²) < 4.78 is 10.3. The first kappa shape index (κ1) is 19.1. The molecule has 0 unspecified atom stereocenters. The van der Waals surface area contributed by atoms with Gasteiger partial charge >= 0.3 is 5.97 Å². The summed E-state index contributed by atoms with van der Waals surface area (Å²) in [7, 11) is 0. The van der Waals surface area contributed by atoms with E-state index in [1.54, 1.807) is 13.8 Å². The van der Waals surface area contributed by atoms with Gasteiger partial charge in [0.2, 0.25) is 0 Å². The van der Waals surface area contributed by atoms with Gasteiger partial charge in [-0.15, -0.1) is 0 Å². The highest BCUT2D eigenvalue weighted by Gasteiger charge is 2.13. The minimum absolute atomic E-state index is 0.0806. The Hall–Kier alpha value is -0.900. The summed E-state index contributed by atoms with van der Waals surface area (Å²) in [5.74, 6) is -0.652. The number of unbranched alkanes of at least 4 members (excludes halogenated alkanes) is 5. The smallest absolute Gasteiger partial charge is 0.313 e. The van der Waals surface area contributed by atoms with Gasteiger partial charge in [0.05, 0.1) is 6.61 Å². The number of hydrogen-bond donors (Lipinski definition) is 0. The van der Waals surface area contributed by atoms with Crippen LogP contribution in [0.3, 0.4) is 0 Å². The number of carbonyl (C=O) groups is 2. The predicted molar refractivity (Wildman–Crippen MR) is 79.6 cm³/mol. The first-order valence-electron chi connectivity index (χ1n) is 7.84. The van der Waals surface area contributed by atoms with E-state index in [4.69, 9.17) is 9.47 Å². The molecule has 0 saturated heterocycles. The van der Waals surface area contributed by atoms with Crippen LogP contribution in [0.5, 0.6) is 0 Å². The average Bonchev–Trinajstić information content (AvgIpc) is 2.40. The zero-order valence-electron chi connectivity index (χ0n) is 13.3. The van der Waals surface area contributed by atoms with E-state index in [-0.39, 0.29) is 24.7 Å². The third-order valence-electron chi connectivity index (χ3n) is 3.10. The summed E-state index contributed by atoms with van der Waals surface area (Å²) in [6, 6.07) is 0. The number of ether oxygens (including phenoxy) is 2. The minimum atomic E-state index is -0.452. The van der Waals surface area contributed by atoms with E-state index in [0.717, 1.165) is 6.42 Å². The van der Waals surface area contributed by atoms with Crippen molar-refractivity contribution in [1.82, 2.24) is 0 Å². The fourth-order valence-electron chi connectivity index (χ4n) is 1.70. The number of rotatable bonds is 13. The highest BCUT2D eigenvalue weighted by Crippen LogP contribution is 2.05. The van der Waals surface area contributed by atoms with Crippen LogP contribution in [0.2, 0.25) is 0 Å². The monoisotopic (exact) mass is 286 g/mol. The molecule has 0 N–H and O–H groups in total. The van der Waals surface area contributed by atoms with Crippen LogP contribution in [0.25, 0.3) is 0 Å². The van der Waals surface area contributed by atoms with E-state index >= 15 is 0 Å². The van der Waals surface area contributed by atoms with Crippen LogP contribution in [-0.2, 0) is 19.1 Å². The number of carbonyl (C=O) groups excluding carboxylic acids is 2.